The lowest BCUT2D eigenvalue weighted by Gasteiger charge is -2.41. The van der Waals surface area contributed by atoms with E-state index in [0.29, 0.717) is 12.5 Å². The molecule has 0 spiro atoms. The normalized spacial score (nSPS) is 31.7. The van der Waals surface area contributed by atoms with Gasteiger partial charge in [-0.15, -0.1) is 0 Å². The Hall–Kier alpha value is -1.32. The number of nitrogens with one attached hydrogen (secondary N) is 1. The van der Waals surface area contributed by atoms with Gasteiger partial charge >= 0.3 is 0 Å². The minimum Gasteiger partial charge on any atom is -0.494 e. The van der Waals surface area contributed by atoms with Crippen LogP contribution in [0.5, 0.6) is 5.75 Å². The summed E-state index contributed by atoms with van der Waals surface area (Å²) in [6.45, 7) is 5.00. The van der Waals surface area contributed by atoms with Crippen LogP contribution >= 0.6 is 0 Å². The Balaban J connectivity index is 1.86. The summed E-state index contributed by atoms with van der Waals surface area (Å²) in [4.78, 5) is 1.46. The van der Waals surface area contributed by atoms with E-state index < -0.39 is 0 Å². The molecule has 3 aliphatic rings. The van der Waals surface area contributed by atoms with E-state index in [4.69, 9.17) is 4.74 Å². The molecule has 1 aromatic rings. The third-order valence-electron chi connectivity index (χ3n) is 4.30. The van der Waals surface area contributed by atoms with Crippen LogP contribution in [-0.4, -0.2) is 30.9 Å². The number of fused-ring (bicyclic) bond motifs is 3. The smallest absolute Gasteiger partial charge is 0.137 e. The van der Waals surface area contributed by atoms with Crippen molar-refractivity contribution in [1.29, 1.82) is 0 Å². The summed E-state index contributed by atoms with van der Waals surface area (Å²) in [5.74, 6) is 1.37. The van der Waals surface area contributed by atoms with Crippen LogP contribution in [0.4, 0.5) is 0 Å². The largest absolute Gasteiger partial charge is 0.494 e. The quantitative estimate of drug-likeness (QED) is 0.853. The van der Waals surface area contributed by atoms with Gasteiger partial charge in [0.05, 0.1) is 19.7 Å². The Kier molecular flexibility index (Phi) is 3.58. The van der Waals surface area contributed by atoms with Crippen molar-refractivity contribution in [3.8, 4) is 5.75 Å². The summed E-state index contributed by atoms with van der Waals surface area (Å²) in [5.41, 5.74) is 2.29. The highest BCUT2D eigenvalue weighted by Crippen LogP contribution is 2.25. The first-order valence-electron chi connectivity index (χ1n) is 7.25. The van der Waals surface area contributed by atoms with Gasteiger partial charge < -0.3 is 14.7 Å². The van der Waals surface area contributed by atoms with E-state index in [2.05, 4.69) is 12.1 Å². The lowest BCUT2D eigenvalue weighted by atomic mass is 9.83. The van der Waals surface area contributed by atoms with Crippen molar-refractivity contribution in [2.24, 2.45) is 5.92 Å². The Bertz CT molecular complexity index is 471. The highest BCUT2D eigenvalue weighted by molar-refractivity contribution is 5.54. The second-order valence-electron chi connectivity index (χ2n) is 5.49. The zero-order valence-electron chi connectivity index (χ0n) is 11.4. The van der Waals surface area contributed by atoms with Gasteiger partial charge in [-0.2, -0.15) is 0 Å². The number of rotatable bonds is 3. The maximum atomic E-state index is 10.4. The lowest BCUT2D eigenvalue weighted by molar-refractivity contribution is -0.880. The number of aliphatic hydroxyl groups excluding tert-OH is 1. The Labute approximate surface area is 114 Å². The van der Waals surface area contributed by atoms with E-state index in [1.54, 1.807) is 0 Å². The molecular weight excluding hydrogens is 238 g/mol. The van der Waals surface area contributed by atoms with E-state index in [1.165, 1.54) is 18.0 Å². The monoisotopic (exact) mass is 260 g/mol. The first kappa shape index (κ1) is 12.7. The van der Waals surface area contributed by atoms with E-state index in [-0.39, 0.29) is 6.10 Å². The summed E-state index contributed by atoms with van der Waals surface area (Å²) in [6, 6.07) is 8.11. The van der Waals surface area contributed by atoms with Crippen molar-refractivity contribution >= 4 is 6.08 Å². The molecule has 102 valence electrons. The molecule has 3 nitrogen and oxygen atoms in total. The van der Waals surface area contributed by atoms with E-state index >= 15 is 0 Å². The highest BCUT2D eigenvalue weighted by Gasteiger charge is 2.40. The van der Waals surface area contributed by atoms with Crippen LogP contribution in [0.15, 0.2) is 30.0 Å². The second kappa shape index (κ2) is 5.35. The summed E-state index contributed by atoms with van der Waals surface area (Å²) in [6.07, 6.45) is 4.21. The van der Waals surface area contributed by atoms with Gasteiger partial charge in [-0.25, -0.2) is 0 Å². The number of ether oxygens (including phenoxy) is 1. The molecule has 0 aliphatic carbocycles. The molecule has 3 fully saturated rings. The average Bonchev–Trinajstić information content (AvgIpc) is 2.44. The van der Waals surface area contributed by atoms with Crippen molar-refractivity contribution in [2.45, 2.75) is 25.9 Å². The summed E-state index contributed by atoms with van der Waals surface area (Å²) < 4.78 is 5.53. The molecule has 0 saturated carbocycles. The molecule has 4 rings (SSSR count). The zero-order valence-corrected chi connectivity index (χ0v) is 11.4. The number of piperidine rings is 3. The molecular formula is C16H22NO2+. The van der Waals surface area contributed by atoms with E-state index in [9.17, 15) is 5.11 Å². The molecule has 3 aliphatic heterocycles. The minimum absolute atomic E-state index is 0.256. The maximum Gasteiger partial charge on any atom is 0.137 e. The van der Waals surface area contributed by atoms with Gasteiger partial charge in [-0.1, -0.05) is 12.1 Å². The molecule has 1 atom stereocenters. The van der Waals surface area contributed by atoms with Gasteiger partial charge in [0.1, 0.15) is 17.6 Å². The first-order valence-corrected chi connectivity index (χ1v) is 7.25. The fourth-order valence-corrected chi connectivity index (χ4v) is 3.28. The highest BCUT2D eigenvalue weighted by atomic mass is 16.5. The molecule has 1 aromatic carbocycles. The zero-order chi connectivity index (χ0) is 13.2. The van der Waals surface area contributed by atoms with Crippen LogP contribution < -0.4 is 9.64 Å². The number of hydrogen-bond donors (Lipinski definition) is 2. The minimum atomic E-state index is -0.256. The van der Waals surface area contributed by atoms with Crippen molar-refractivity contribution in [3.63, 3.8) is 0 Å². The predicted octanol–water partition coefficient (Wildman–Crippen LogP) is 1.10. The molecule has 0 amide bonds. The standard InChI is InChI=1S/C16H21NO2/c1-2-19-14-5-3-4-12(10-14)11-15-16(18)13-6-8-17(15)9-7-13/h3-5,10-11,13,16,18H,2,6-9H2,1H3/p+1/b15-11-/t16-/m1/s1. The third-order valence-corrected chi connectivity index (χ3v) is 4.30. The van der Waals surface area contributed by atoms with Gasteiger partial charge in [0, 0.05) is 24.8 Å². The lowest BCUT2D eigenvalue weighted by Crippen LogP contribution is -3.14. The topological polar surface area (TPSA) is 33.9 Å². The van der Waals surface area contributed by atoms with Gasteiger partial charge in [0.25, 0.3) is 0 Å². The summed E-state index contributed by atoms with van der Waals surface area (Å²) >= 11 is 0. The molecule has 0 radical (unpaired) electrons. The van der Waals surface area contributed by atoms with Crippen LogP contribution in [0.1, 0.15) is 25.3 Å². The number of aliphatic hydroxyl groups is 1. The molecule has 2 bridgehead atoms. The number of hydrogen-bond acceptors (Lipinski definition) is 2. The molecule has 3 heterocycles. The molecule has 2 N–H and O–H groups in total. The van der Waals surface area contributed by atoms with Crippen LogP contribution in [0.25, 0.3) is 6.08 Å². The van der Waals surface area contributed by atoms with Gasteiger partial charge in [0.2, 0.25) is 0 Å². The summed E-state index contributed by atoms with van der Waals surface area (Å²) in [5, 5.41) is 10.4. The first-order chi connectivity index (χ1) is 9.28. The predicted molar refractivity (Wildman–Crippen MR) is 75.0 cm³/mol. The Morgan fingerprint density at radius 1 is 1.37 bits per heavy atom. The van der Waals surface area contributed by atoms with Gasteiger partial charge in [0.15, 0.2) is 0 Å². The Morgan fingerprint density at radius 2 is 2.16 bits per heavy atom. The fourth-order valence-electron chi connectivity index (χ4n) is 3.28. The third kappa shape index (κ3) is 2.53. The van der Waals surface area contributed by atoms with Crippen LogP contribution in [0, 0.1) is 5.92 Å². The number of benzene rings is 1. The fraction of sp³-hybridized carbons (Fsp3) is 0.500. The average molecular weight is 260 g/mol. The van der Waals surface area contributed by atoms with E-state index in [1.807, 2.05) is 25.1 Å². The summed E-state index contributed by atoms with van der Waals surface area (Å²) in [7, 11) is 0. The van der Waals surface area contributed by atoms with E-state index in [0.717, 1.165) is 29.9 Å². The van der Waals surface area contributed by atoms with Gasteiger partial charge in [-0.3, -0.25) is 0 Å². The molecule has 19 heavy (non-hydrogen) atoms. The molecule has 0 unspecified atom stereocenters. The molecule has 3 heteroatoms. The van der Waals surface area contributed by atoms with Crippen molar-refractivity contribution < 1.29 is 14.7 Å². The van der Waals surface area contributed by atoms with Crippen LogP contribution in [0.2, 0.25) is 0 Å². The van der Waals surface area contributed by atoms with Crippen LogP contribution in [0.3, 0.4) is 0 Å². The Morgan fingerprint density at radius 3 is 2.84 bits per heavy atom. The maximum absolute atomic E-state index is 10.4. The number of quaternary nitrogens is 1. The van der Waals surface area contributed by atoms with Crippen molar-refractivity contribution in [3.05, 3.63) is 35.5 Å². The van der Waals surface area contributed by atoms with Crippen LogP contribution in [-0.2, 0) is 0 Å². The second-order valence-corrected chi connectivity index (χ2v) is 5.49. The molecule has 3 saturated heterocycles. The van der Waals surface area contributed by atoms with Crippen molar-refractivity contribution in [1.82, 2.24) is 0 Å². The molecule has 0 aromatic heterocycles. The van der Waals surface area contributed by atoms with Gasteiger partial charge in [-0.05, 0) is 24.6 Å². The van der Waals surface area contributed by atoms with Crippen molar-refractivity contribution in [2.75, 3.05) is 19.7 Å². The SMILES string of the molecule is CCOc1cccc(/C=C2/[C@H](O)C3CC[NH+]2CC3)c1.